The normalized spacial score (nSPS) is 17.7. The van der Waals surface area contributed by atoms with Gasteiger partial charge in [0, 0.05) is 5.69 Å². The number of amidine groups is 1. The minimum Gasteiger partial charge on any atom is -0.455 e. The Bertz CT molecular complexity index is 575. The first-order valence-corrected chi connectivity index (χ1v) is 6.41. The van der Waals surface area contributed by atoms with Gasteiger partial charge in [-0.2, -0.15) is 0 Å². The van der Waals surface area contributed by atoms with Crippen LogP contribution in [0.25, 0.3) is 0 Å². The van der Waals surface area contributed by atoms with Crippen molar-refractivity contribution >= 4 is 11.7 Å². The van der Waals surface area contributed by atoms with Gasteiger partial charge in [-0.3, -0.25) is 0 Å². The van der Waals surface area contributed by atoms with E-state index in [0.717, 1.165) is 11.3 Å². The van der Waals surface area contributed by atoms with Gasteiger partial charge in [0.1, 0.15) is 6.10 Å². The largest absolute Gasteiger partial charge is 0.455 e. The standard InChI is InChI=1S/C16H16N2O/c1-12-7-9-14(10-8-12)18-16-17-11-15(19-16)13-5-3-2-4-6-13/h2-10,15H,11H2,1H3,(H,17,18). The second kappa shape index (κ2) is 5.14. The molecule has 1 N–H and O–H groups in total. The van der Waals surface area contributed by atoms with Crippen LogP contribution in [-0.2, 0) is 4.74 Å². The highest BCUT2D eigenvalue weighted by Gasteiger charge is 2.21. The quantitative estimate of drug-likeness (QED) is 0.887. The number of nitrogens with one attached hydrogen (secondary N) is 1. The number of benzene rings is 2. The van der Waals surface area contributed by atoms with Gasteiger partial charge in [-0.25, -0.2) is 4.99 Å². The summed E-state index contributed by atoms with van der Waals surface area (Å²) in [6.07, 6.45) is 0.0224. The number of hydrogen-bond donors (Lipinski definition) is 1. The van der Waals surface area contributed by atoms with Gasteiger partial charge < -0.3 is 10.1 Å². The van der Waals surface area contributed by atoms with Crippen molar-refractivity contribution in [3.05, 3.63) is 65.7 Å². The van der Waals surface area contributed by atoms with Crippen LogP contribution in [0.3, 0.4) is 0 Å². The molecule has 0 spiro atoms. The average Bonchev–Trinajstić information content (AvgIpc) is 2.91. The second-order valence-electron chi connectivity index (χ2n) is 4.65. The number of rotatable bonds is 2. The molecule has 3 rings (SSSR count). The van der Waals surface area contributed by atoms with Crippen molar-refractivity contribution < 1.29 is 4.74 Å². The van der Waals surface area contributed by atoms with Gasteiger partial charge in [-0.1, -0.05) is 48.0 Å². The van der Waals surface area contributed by atoms with E-state index in [1.165, 1.54) is 5.56 Å². The minimum atomic E-state index is 0.0224. The summed E-state index contributed by atoms with van der Waals surface area (Å²) in [5.74, 6) is 0. The summed E-state index contributed by atoms with van der Waals surface area (Å²) < 4.78 is 5.82. The highest BCUT2D eigenvalue weighted by atomic mass is 16.5. The van der Waals surface area contributed by atoms with Crippen LogP contribution in [0.15, 0.2) is 59.6 Å². The Kier molecular flexibility index (Phi) is 3.19. The molecule has 0 fully saturated rings. The summed E-state index contributed by atoms with van der Waals surface area (Å²) in [5, 5.41) is 3.20. The van der Waals surface area contributed by atoms with E-state index in [0.29, 0.717) is 12.6 Å². The van der Waals surface area contributed by atoms with E-state index in [9.17, 15) is 0 Å². The first kappa shape index (κ1) is 11.8. The van der Waals surface area contributed by atoms with Crippen LogP contribution in [0.5, 0.6) is 0 Å². The van der Waals surface area contributed by atoms with Crippen LogP contribution in [0.4, 0.5) is 5.69 Å². The van der Waals surface area contributed by atoms with Gasteiger partial charge in [0.2, 0.25) is 0 Å². The van der Waals surface area contributed by atoms with Crippen molar-refractivity contribution in [2.45, 2.75) is 13.0 Å². The molecule has 96 valence electrons. The highest BCUT2D eigenvalue weighted by Crippen LogP contribution is 2.23. The molecule has 0 radical (unpaired) electrons. The Morgan fingerprint density at radius 2 is 1.79 bits per heavy atom. The third-order valence-electron chi connectivity index (χ3n) is 3.13. The first-order valence-electron chi connectivity index (χ1n) is 6.41. The Morgan fingerprint density at radius 3 is 2.53 bits per heavy atom. The third kappa shape index (κ3) is 2.76. The molecule has 0 bridgehead atoms. The molecule has 1 heterocycles. The Labute approximate surface area is 113 Å². The Morgan fingerprint density at radius 1 is 1.05 bits per heavy atom. The molecule has 1 aliphatic rings. The molecule has 2 aromatic carbocycles. The zero-order valence-corrected chi connectivity index (χ0v) is 10.8. The van der Waals surface area contributed by atoms with E-state index >= 15 is 0 Å². The zero-order valence-electron chi connectivity index (χ0n) is 10.8. The lowest BCUT2D eigenvalue weighted by atomic mass is 10.1. The second-order valence-corrected chi connectivity index (χ2v) is 4.65. The van der Waals surface area contributed by atoms with E-state index in [1.54, 1.807) is 0 Å². The summed E-state index contributed by atoms with van der Waals surface area (Å²) >= 11 is 0. The number of anilines is 1. The molecule has 3 nitrogen and oxygen atoms in total. The summed E-state index contributed by atoms with van der Waals surface area (Å²) in [4.78, 5) is 4.39. The zero-order chi connectivity index (χ0) is 13.1. The highest BCUT2D eigenvalue weighted by molar-refractivity contribution is 5.90. The maximum atomic E-state index is 5.82. The number of aliphatic imine (C=N–C) groups is 1. The van der Waals surface area contributed by atoms with E-state index < -0.39 is 0 Å². The molecule has 0 saturated carbocycles. The lowest BCUT2D eigenvalue weighted by Gasteiger charge is -2.12. The maximum Gasteiger partial charge on any atom is 0.290 e. The van der Waals surface area contributed by atoms with E-state index in [2.05, 4.69) is 41.5 Å². The molecule has 0 amide bonds. The predicted octanol–water partition coefficient (Wildman–Crippen LogP) is 3.53. The molecule has 0 saturated heterocycles. The van der Waals surface area contributed by atoms with Crippen LogP contribution >= 0.6 is 0 Å². The smallest absolute Gasteiger partial charge is 0.290 e. The van der Waals surface area contributed by atoms with Crippen molar-refractivity contribution in [1.82, 2.24) is 0 Å². The van der Waals surface area contributed by atoms with E-state index in [4.69, 9.17) is 4.74 Å². The van der Waals surface area contributed by atoms with Crippen LogP contribution in [0.2, 0.25) is 0 Å². The van der Waals surface area contributed by atoms with E-state index in [1.807, 2.05) is 30.3 Å². The molecule has 1 unspecified atom stereocenters. The van der Waals surface area contributed by atoms with Gasteiger partial charge in [-0.15, -0.1) is 0 Å². The SMILES string of the molecule is Cc1ccc(NC2=NCC(c3ccccc3)O2)cc1. The fourth-order valence-electron chi connectivity index (χ4n) is 2.05. The van der Waals surface area contributed by atoms with Crippen molar-refractivity contribution in [3.63, 3.8) is 0 Å². The molecule has 2 aromatic rings. The maximum absolute atomic E-state index is 5.82. The van der Waals surface area contributed by atoms with Crippen LogP contribution in [0, 0.1) is 6.92 Å². The van der Waals surface area contributed by atoms with Crippen LogP contribution < -0.4 is 5.32 Å². The Balaban J connectivity index is 1.64. The van der Waals surface area contributed by atoms with Gasteiger partial charge in [-0.05, 0) is 24.6 Å². The minimum absolute atomic E-state index is 0.0224. The molecule has 1 atom stereocenters. The Hall–Kier alpha value is -2.29. The topological polar surface area (TPSA) is 33.6 Å². The molecule has 1 aliphatic heterocycles. The number of aryl methyl sites for hydroxylation is 1. The third-order valence-corrected chi connectivity index (χ3v) is 3.13. The van der Waals surface area contributed by atoms with Gasteiger partial charge in [0.15, 0.2) is 0 Å². The first-order chi connectivity index (χ1) is 9.31. The summed E-state index contributed by atoms with van der Waals surface area (Å²) in [6, 6.07) is 18.9. The van der Waals surface area contributed by atoms with Gasteiger partial charge >= 0.3 is 0 Å². The molecular weight excluding hydrogens is 236 g/mol. The van der Waals surface area contributed by atoms with Gasteiger partial charge in [0.25, 0.3) is 6.02 Å². The predicted molar refractivity (Wildman–Crippen MR) is 77.4 cm³/mol. The number of ether oxygens (including phenoxy) is 1. The van der Waals surface area contributed by atoms with Crippen molar-refractivity contribution in [2.75, 3.05) is 11.9 Å². The molecule has 19 heavy (non-hydrogen) atoms. The van der Waals surface area contributed by atoms with Crippen molar-refractivity contribution in [2.24, 2.45) is 4.99 Å². The van der Waals surface area contributed by atoms with Crippen molar-refractivity contribution in [3.8, 4) is 0 Å². The average molecular weight is 252 g/mol. The number of hydrogen-bond acceptors (Lipinski definition) is 3. The molecule has 3 heteroatoms. The molecular formula is C16H16N2O. The summed E-state index contributed by atoms with van der Waals surface area (Å²) in [5.41, 5.74) is 3.40. The summed E-state index contributed by atoms with van der Waals surface area (Å²) in [6.45, 7) is 2.73. The van der Waals surface area contributed by atoms with Gasteiger partial charge in [0.05, 0.1) is 6.54 Å². The number of nitrogens with zero attached hydrogens (tertiary/aromatic N) is 1. The van der Waals surface area contributed by atoms with Crippen LogP contribution in [0.1, 0.15) is 17.2 Å². The fraction of sp³-hybridized carbons (Fsp3) is 0.188. The fourth-order valence-corrected chi connectivity index (χ4v) is 2.05. The molecule has 0 aliphatic carbocycles. The lowest BCUT2D eigenvalue weighted by Crippen LogP contribution is -2.13. The summed E-state index contributed by atoms with van der Waals surface area (Å²) in [7, 11) is 0. The lowest BCUT2D eigenvalue weighted by molar-refractivity contribution is 0.229. The molecule has 0 aromatic heterocycles. The van der Waals surface area contributed by atoms with E-state index in [-0.39, 0.29) is 6.10 Å². The van der Waals surface area contributed by atoms with Crippen molar-refractivity contribution in [1.29, 1.82) is 0 Å². The monoisotopic (exact) mass is 252 g/mol. The van der Waals surface area contributed by atoms with Crippen LogP contribution in [-0.4, -0.2) is 12.6 Å².